The lowest BCUT2D eigenvalue weighted by atomic mass is 9.98. The third-order valence-electron chi connectivity index (χ3n) is 3.01. The summed E-state index contributed by atoms with van der Waals surface area (Å²) < 4.78 is 0. The molecule has 0 bridgehead atoms. The average molecular weight is 200 g/mol. The van der Waals surface area contributed by atoms with Crippen molar-refractivity contribution in [1.82, 2.24) is 9.80 Å². The number of hydrogen-bond donors (Lipinski definition) is 1. The molecule has 1 rings (SSSR count). The van der Waals surface area contributed by atoms with Crippen molar-refractivity contribution in [3.63, 3.8) is 0 Å². The molecule has 0 aromatic rings. The van der Waals surface area contributed by atoms with Gasteiger partial charge in [0.05, 0.1) is 5.92 Å². The van der Waals surface area contributed by atoms with Crippen molar-refractivity contribution < 1.29 is 9.90 Å². The minimum atomic E-state index is -0.641. The van der Waals surface area contributed by atoms with E-state index in [0.717, 1.165) is 25.9 Å². The van der Waals surface area contributed by atoms with Gasteiger partial charge in [-0.15, -0.1) is 0 Å². The number of rotatable bonds is 4. The van der Waals surface area contributed by atoms with Crippen LogP contribution in [0.3, 0.4) is 0 Å². The summed E-state index contributed by atoms with van der Waals surface area (Å²) in [5.41, 5.74) is 0. The zero-order valence-electron chi connectivity index (χ0n) is 9.23. The first-order valence-corrected chi connectivity index (χ1v) is 5.10. The summed E-state index contributed by atoms with van der Waals surface area (Å²) >= 11 is 0. The maximum absolute atomic E-state index is 11.0. The van der Waals surface area contributed by atoms with E-state index in [1.165, 1.54) is 0 Å². The van der Waals surface area contributed by atoms with Gasteiger partial charge in [-0.1, -0.05) is 0 Å². The van der Waals surface area contributed by atoms with Crippen molar-refractivity contribution in [3.8, 4) is 0 Å². The monoisotopic (exact) mass is 200 g/mol. The lowest BCUT2D eigenvalue weighted by Crippen LogP contribution is -2.35. The molecule has 1 heterocycles. The smallest absolute Gasteiger partial charge is 0.308 e. The minimum absolute atomic E-state index is 0.167. The molecular weight excluding hydrogens is 180 g/mol. The molecule has 1 fully saturated rings. The molecule has 0 aliphatic carbocycles. The lowest BCUT2D eigenvalue weighted by molar-refractivity contribution is -0.142. The van der Waals surface area contributed by atoms with Crippen LogP contribution in [0.4, 0.5) is 0 Å². The molecule has 0 radical (unpaired) electrons. The van der Waals surface area contributed by atoms with E-state index in [-0.39, 0.29) is 12.0 Å². The largest absolute Gasteiger partial charge is 0.481 e. The molecule has 0 aromatic heterocycles. The van der Waals surface area contributed by atoms with E-state index in [4.69, 9.17) is 5.11 Å². The molecule has 2 atom stereocenters. The van der Waals surface area contributed by atoms with Crippen LogP contribution in [0, 0.1) is 5.92 Å². The standard InChI is InChI=1S/C10H20N2O2/c1-11(2)6-5-9-8(10(13)14)4-7-12(9)3/h8-9H,4-7H2,1-3H3,(H,13,14). The first kappa shape index (κ1) is 11.5. The van der Waals surface area contributed by atoms with Gasteiger partial charge in [0.1, 0.15) is 0 Å². The number of carboxylic acid groups (broad SMARTS) is 1. The highest BCUT2D eigenvalue weighted by atomic mass is 16.4. The Morgan fingerprint density at radius 2 is 2.21 bits per heavy atom. The van der Waals surface area contributed by atoms with E-state index in [0.29, 0.717) is 0 Å². The van der Waals surface area contributed by atoms with Crippen molar-refractivity contribution in [2.75, 3.05) is 34.2 Å². The van der Waals surface area contributed by atoms with E-state index in [1.54, 1.807) is 0 Å². The molecule has 14 heavy (non-hydrogen) atoms. The predicted molar refractivity (Wildman–Crippen MR) is 55.3 cm³/mol. The second-order valence-corrected chi connectivity index (χ2v) is 4.37. The SMILES string of the molecule is CN(C)CCC1C(C(=O)O)CCN1C. The maximum atomic E-state index is 11.0. The highest BCUT2D eigenvalue weighted by molar-refractivity contribution is 5.71. The summed E-state index contributed by atoms with van der Waals surface area (Å²) in [5.74, 6) is -0.807. The molecule has 0 spiro atoms. The Morgan fingerprint density at radius 3 is 2.71 bits per heavy atom. The van der Waals surface area contributed by atoms with Gasteiger partial charge in [0.15, 0.2) is 0 Å². The fourth-order valence-corrected chi connectivity index (χ4v) is 2.11. The molecule has 1 aliphatic heterocycles. The van der Waals surface area contributed by atoms with E-state index >= 15 is 0 Å². The highest BCUT2D eigenvalue weighted by Gasteiger charge is 2.36. The minimum Gasteiger partial charge on any atom is -0.481 e. The van der Waals surface area contributed by atoms with E-state index in [1.807, 2.05) is 21.1 Å². The van der Waals surface area contributed by atoms with Gasteiger partial charge in [-0.25, -0.2) is 0 Å². The molecule has 4 heteroatoms. The van der Waals surface area contributed by atoms with Crippen molar-refractivity contribution >= 4 is 5.97 Å². The first-order valence-electron chi connectivity index (χ1n) is 5.10. The average Bonchev–Trinajstić information content (AvgIpc) is 2.43. The zero-order valence-corrected chi connectivity index (χ0v) is 9.23. The Labute approximate surface area is 85.5 Å². The van der Waals surface area contributed by atoms with Gasteiger partial charge < -0.3 is 14.9 Å². The second-order valence-electron chi connectivity index (χ2n) is 4.37. The van der Waals surface area contributed by atoms with Crippen LogP contribution >= 0.6 is 0 Å². The molecule has 1 aliphatic rings. The number of nitrogens with zero attached hydrogens (tertiary/aromatic N) is 2. The third kappa shape index (κ3) is 2.69. The second kappa shape index (κ2) is 4.75. The summed E-state index contributed by atoms with van der Waals surface area (Å²) in [6, 6.07) is 0.217. The van der Waals surface area contributed by atoms with Gasteiger partial charge in [-0.3, -0.25) is 4.79 Å². The molecule has 1 saturated heterocycles. The van der Waals surface area contributed by atoms with Crippen LogP contribution in [0.1, 0.15) is 12.8 Å². The zero-order chi connectivity index (χ0) is 10.7. The van der Waals surface area contributed by atoms with Crippen molar-refractivity contribution in [1.29, 1.82) is 0 Å². The van der Waals surface area contributed by atoms with Crippen molar-refractivity contribution in [2.45, 2.75) is 18.9 Å². The fraction of sp³-hybridized carbons (Fsp3) is 0.900. The van der Waals surface area contributed by atoms with E-state index < -0.39 is 5.97 Å². The Bertz CT molecular complexity index is 206. The fourth-order valence-electron chi connectivity index (χ4n) is 2.11. The molecule has 82 valence electrons. The van der Waals surface area contributed by atoms with Crippen LogP contribution < -0.4 is 0 Å². The van der Waals surface area contributed by atoms with Gasteiger partial charge in [0, 0.05) is 6.04 Å². The van der Waals surface area contributed by atoms with Gasteiger partial charge in [-0.2, -0.15) is 0 Å². The number of carboxylic acids is 1. The number of likely N-dealkylation sites (tertiary alicyclic amines) is 1. The molecule has 0 aromatic carbocycles. The van der Waals surface area contributed by atoms with Crippen LogP contribution in [0.25, 0.3) is 0 Å². The quantitative estimate of drug-likeness (QED) is 0.711. The van der Waals surface area contributed by atoms with Gasteiger partial charge in [0.25, 0.3) is 0 Å². The molecular formula is C10H20N2O2. The van der Waals surface area contributed by atoms with Crippen LogP contribution in [0.15, 0.2) is 0 Å². The number of hydrogen-bond acceptors (Lipinski definition) is 3. The summed E-state index contributed by atoms with van der Waals surface area (Å²) in [7, 11) is 6.05. The van der Waals surface area contributed by atoms with Gasteiger partial charge in [0.2, 0.25) is 0 Å². The Morgan fingerprint density at radius 1 is 1.57 bits per heavy atom. The third-order valence-corrected chi connectivity index (χ3v) is 3.01. The van der Waals surface area contributed by atoms with Gasteiger partial charge >= 0.3 is 5.97 Å². The van der Waals surface area contributed by atoms with Crippen molar-refractivity contribution in [3.05, 3.63) is 0 Å². The van der Waals surface area contributed by atoms with Crippen LogP contribution in [0.2, 0.25) is 0 Å². The number of aliphatic carboxylic acids is 1. The predicted octanol–water partition coefficient (Wildman–Crippen LogP) is 0.343. The summed E-state index contributed by atoms with van der Waals surface area (Å²) in [6.45, 7) is 1.87. The first-order chi connectivity index (χ1) is 6.52. The summed E-state index contributed by atoms with van der Waals surface area (Å²) in [6.07, 6.45) is 1.74. The van der Waals surface area contributed by atoms with Crippen molar-refractivity contribution in [2.24, 2.45) is 5.92 Å². The van der Waals surface area contributed by atoms with Crippen LogP contribution in [-0.2, 0) is 4.79 Å². The van der Waals surface area contributed by atoms with Gasteiger partial charge in [-0.05, 0) is 47.1 Å². The summed E-state index contributed by atoms with van der Waals surface area (Å²) in [5, 5.41) is 9.03. The molecule has 0 saturated carbocycles. The Hall–Kier alpha value is -0.610. The molecule has 1 N–H and O–H groups in total. The molecule has 0 amide bonds. The van der Waals surface area contributed by atoms with E-state index in [9.17, 15) is 4.79 Å². The number of carbonyl (C=O) groups is 1. The molecule has 4 nitrogen and oxygen atoms in total. The Kier molecular flexibility index (Phi) is 3.89. The highest BCUT2D eigenvalue weighted by Crippen LogP contribution is 2.25. The Balaban J connectivity index is 2.49. The summed E-state index contributed by atoms with van der Waals surface area (Å²) in [4.78, 5) is 15.2. The lowest BCUT2D eigenvalue weighted by Gasteiger charge is -2.24. The van der Waals surface area contributed by atoms with Crippen LogP contribution in [-0.4, -0.2) is 61.2 Å². The van der Waals surface area contributed by atoms with E-state index in [2.05, 4.69) is 9.80 Å². The topological polar surface area (TPSA) is 43.8 Å². The normalized spacial score (nSPS) is 28.6. The molecule has 2 unspecified atom stereocenters. The van der Waals surface area contributed by atoms with Crippen LogP contribution in [0.5, 0.6) is 0 Å². The maximum Gasteiger partial charge on any atom is 0.308 e.